The van der Waals surface area contributed by atoms with Crippen LogP contribution in [0.25, 0.3) is 10.1 Å². The van der Waals surface area contributed by atoms with E-state index in [4.69, 9.17) is 5.73 Å². The second-order valence-electron chi connectivity index (χ2n) is 4.18. The number of aryl methyl sites for hydroxylation is 1. The molecule has 2 heterocycles. The molecule has 0 aliphatic rings. The molecule has 0 radical (unpaired) electrons. The quantitative estimate of drug-likeness (QED) is 0.728. The standard InChI is InChI=1S/C14H13NS2/c1-9-6-16-7-11(9)14(15)12-8-17-13-5-3-2-4-10(12)13/h2-8,14H,15H2,1H3. The molecule has 1 nitrogen and oxygen atoms in total. The number of rotatable bonds is 2. The Morgan fingerprint density at radius 1 is 1.06 bits per heavy atom. The maximum absolute atomic E-state index is 6.39. The highest BCUT2D eigenvalue weighted by Crippen LogP contribution is 2.34. The van der Waals surface area contributed by atoms with Gasteiger partial charge < -0.3 is 5.73 Å². The van der Waals surface area contributed by atoms with E-state index in [0.29, 0.717) is 0 Å². The zero-order valence-electron chi connectivity index (χ0n) is 9.51. The van der Waals surface area contributed by atoms with Crippen molar-refractivity contribution in [1.82, 2.24) is 0 Å². The largest absolute Gasteiger partial charge is 0.320 e. The summed E-state index contributed by atoms with van der Waals surface area (Å²) in [5.74, 6) is 0. The molecule has 1 atom stereocenters. The highest BCUT2D eigenvalue weighted by molar-refractivity contribution is 7.17. The van der Waals surface area contributed by atoms with E-state index in [0.717, 1.165) is 0 Å². The Hall–Kier alpha value is -1.16. The van der Waals surface area contributed by atoms with Crippen LogP contribution in [0, 0.1) is 6.92 Å². The smallest absolute Gasteiger partial charge is 0.0576 e. The fourth-order valence-electron chi connectivity index (χ4n) is 2.10. The van der Waals surface area contributed by atoms with Crippen LogP contribution < -0.4 is 5.73 Å². The fraction of sp³-hybridized carbons (Fsp3) is 0.143. The number of benzene rings is 1. The van der Waals surface area contributed by atoms with Crippen molar-refractivity contribution in [3.63, 3.8) is 0 Å². The number of hydrogen-bond acceptors (Lipinski definition) is 3. The summed E-state index contributed by atoms with van der Waals surface area (Å²) in [5.41, 5.74) is 10.2. The van der Waals surface area contributed by atoms with Crippen molar-refractivity contribution in [2.75, 3.05) is 0 Å². The summed E-state index contributed by atoms with van der Waals surface area (Å²) in [5, 5.41) is 7.79. The van der Waals surface area contributed by atoms with Gasteiger partial charge in [0.2, 0.25) is 0 Å². The van der Waals surface area contributed by atoms with Gasteiger partial charge >= 0.3 is 0 Å². The van der Waals surface area contributed by atoms with Crippen LogP contribution in [0.5, 0.6) is 0 Å². The number of nitrogens with two attached hydrogens (primary N) is 1. The average Bonchev–Trinajstić information content (AvgIpc) is 2.94. The number of fused-ring (bicyclic) bond motifs is 1. The highest BCUT2D eigenvalue weighted by atomic mass is 32.1. The van der Waals surface area contributed by atoms with Gasteiger partial charge in [-0.2, -0.15) is 11.3 Å². The molecule has 3 aromatic rings. The Morgan fingerprint density at radius 2 is 1.88 bits per heavy atom. The Balaban J connectivity index is 2.13. The normalized spacial score (nSPS) is 13.1. The molecule has 0 bridgehead atoms. The van der Waals surface area contributed by atoms with Crippen molar-refractivity contribution in [2.45, 2.75) is 13.0 Å². The molecule has 1 aromatic carbocycles. The van der Waals surface area contributed by atoms with E-state index in [1.165, 1.54) is 26.8 Å². The molecule has 0 fully saturated rings. The first-order valence-corrected chi connectivity index (χ1v) is 7.34. The Morgan fingerprint density at radius 3 is 2.65 bits per heavy atom. The highest BCUT2D eigenvalue weighted by Gasteiger charge is 2.15. The molecule has 0 amide bonds. The van der Waals surface area contributed by atoms with E-state index in [2.05, 4.69) is 47.3 Å². The molecule has 0 spiro atoms. The summed E-state index contributed by atoms with van der Waals surface area (Å²) < 4.78 is 1.31. The minimum atomic E-state index is -0.00241. The topological polar surface area (TPSA) is 26.0 Å². The second kappa shape index (κ2) is 4.26. The molecule has 3 rings (SSSR count). The summed E-state index contributed by atoms with van der Waals surface area (Å²) in [7, 11) is 0. The van der Waals surface area contributed by atoms with Crippen LogP contribution in [-0.2, 0) is 0 Å². The van der Waals surface area contributed by atoms with Gasteiger partial charge in [-0.05, 0) is 51.2 Å². The van der Waals surface area contributed by atoms with E-state index in [9.17, 15) is 0 Å². The summed E-state index contributed by atoms with van der Waals surface area (Å²) in [6.07, 6.45) is 0. The SMILES string of the molecule is Cc1cscc1C(N)c1csc2ccccc12. The van der Waals surface area contributed by atoms with Crippen molar-refractivity contribution in [3.05, 3.63) is 57.1 Å². The van der Waals surface area contributed by atoms with Crippen LogP contribution in [0.4, 0.5) is 0 Å². The van der Waals surface area contributed by atoms with E-state index < -0.39 is 0 Å². The third-order valence-corrected chi connectivity index (χ3v) is 4.94. The van der Waals surface area contributed by atoms with Crippen LogP contribution in [-0.4, -0.2) is 0 Å². The lowest BCUT2D eigenvalue weighted by atomic mass is 9.99. The Bertz CT molecular complexity index is 651. The average molecular weight is 259 g/mol. The molecule has 1 unspecified atom stereocenters. The first kappa shape index (κ1) is 11.0. The van der Waals surface area contributed by atoms with Gasteiger partial charge in [0.05, 0.1) is 6.04 Å². The monoisotopic (exact) mass is 259 g/mol. The second-order valence-corrected chi connectivity index (χ2v) is 5.83. The predicted octanol–water partition coefficient (Wildman–Crippen LogP) is 4.32. The molecule has 2 N–H and O–H groups in total. The lowest BCUT2D eigenvalue weighted by Crippen LogP contribution is -2.11. The fourth-order valence-corrected chi connectivity index (χ4v) is 3.98. The number of thiophene rings is 2. The van der Waals surface area contributed by atoms with Gasteiger partial charge in [-0.15, -0.1) is 11.3 Å². The van der Waals surface area contributed by atoms with Crippen LogP contribution >= 0.6 is 22.7 Å². The predicted molar refractivity (Wildman–Crippen MR) is 76.9 cm³/mol. The molecule has 0 aliphatic carbocycles. The van der Waals surface area contributed by atoms with Gasteiger partial charge in [-0.3, -0.25) is 0 Å². The molecule has 17 heavy (non-hydrogen) atoms. The maximum Gasteiger partial charge on any atom is 0.0576 e. The third-order valence-electron chi connectivity index (χ3n) is 3.08. The van der Waals surface area contributed by atoms with Gasteiger partial charge in [0.1, 0.15) is 0 Å². The molecule has 0 aliphatic heterocycles. The van der Waals surface area contributed by atoms with Gasteiger partial charge in [0, 0.05) is 4.70 Å². The van der Waals surface area contributed by atoms with Crippen LogP contribution in [0.2, 0.25) is 0 Å². The van der Waals surface area contributed by atoms with Crippen molar-refractivity contribution < 1.29 is 0 Å². The minimum Gasteiger partial charge on any atom is -0.320 e. The summed E-state index contributed by atoms with van der Waals surface area (Å²) >= 11 is 3.49. The number of hydrogen-bond donors (Lipinski definition) is 1. The van der Waals surface area contributed by atoms with Gasteiger partial charge in [-0.1, -0.05) is 18.2 Å². The summed E-state index contributed by atoms with van der Waals surface area (Å²) in [4.78, 5) is 0. The molecule has 3 heteroatoms. The molecule has 0 saturated heterocycles. The Kier molecular flexibility index (Phi) is 2.74. The zero-order valence-corrected chi connectivity index (χ0v) is 11.1. The molecular formula is C14H13NS2. The van der Waals surface area contributed by atoms with E-state index >= 15 is 0 Å². The maximum atomic E-state index is 6.39. The van der Waals surface area contributed by atoms with Crippen LogP contribution in [0.3, 0.4) is 0 Å². The van der Waals surface area contributed by atoms with Crippen molar-refractivity contribution >= 4 is 32.8 Å². The van der Waals surface area contributed by atoms with Gasteiger partial charge in [0.15, 0.2) is 0 Å². The van der Waals surface area contributed by atoms with E-state index in [1.807, 2.05) is 0 Å². The lowest BCUT2D eigenvalue weighted by Gasteiger charge is -2.10. The van der Waals surface area contributed by atoms with Crippen LogP contribution in [0.15, 0.2) is 40.4 Å². The lowest BCUT2D eigenvalue weighted by molar-refractivity contribution is 0.881. The summed E-state index contributed by atoms with van der Waals surface area (Å²) in [6.45, 7) is 2.13. The van der Waals surface area contributed by atoms with Crippen LogP contribution in [0.1, 0.15) is 22.7 Å². The van der Waals surface area contributed by atoms with E-state index in [1.54, 1.807) is 22.7 Å². The molecule has 86 valence electrons. The molecular weight excluding hydrogens is 246 g/mol. The van der Waals surface area contributed by atoms with Gasteiger partial charge in [-0.25, -0.2) is 0 Å². The molecule has 0 saturated carbocycles. The first-order valence-electron chi connectivity index (χ1n) is 5.52. The Labute approximate surface area is 109 Å². The van der Waals surface area contributed by atoms with Crippen molar-refractivity contribution in [3.8, 4) is 0 Å². The summed E-state index contributed by atoms with van der Waals surface area (Å²) in [6, 6.07) is 8.45. The third kappa shape index (κ3) is 1.80. The minimum absolute atomic E-state index is 0.00241. The van der Waals surface area contributed by atoms with Crippen molar-refractivity contribution in [2.24, 2.45) is 5.73 Å². The van der Waals surface area contributed by atoms with Gasteiger partial charge in [0.25, 0.3) is 0 Å². The first-order chi connectivity index (χ1) is 8.27. The molecule has 2 aromatic heterocycles. The van der Waals surface area contributed by atoms with Crippen molar-refractivity contribution in [1.29, 1.82) is 0 Å². The zero-order chi connectivity index (χ0) is 11.8. The van der Waals surface area contributed by atoms with E-state index in [-0.39, 0.29) is 6.04 Å².